The fourth-order valence-corrected chi connectivity index (χ4v) is 3.06. The number of anilines is 1. The van der Waals surface area contributed by atoms with Gasteiger partial charge in [-0.2, -0.15) is 0 Å². The number of nitrogens with zero attached hydrogens (tertiary/aromatic N) is 1. The summed E-state index contributed by atoms with van der Waals surface area (Å²) in [6.45, 7) is 4.79. The normalized spacial score (nSPS) is 15.6. The first-order valence-corrected chi connectivity index (χ1v) is 7.23. The number of nitro benzene ring substituents is 1. The molecule has 122 valence electrons. The molecule has 0 saturated carbocycles. The van der Waals surface area contributed by atoms with Crippen molar-refractivity contribution in [2.24, 2.45) is 0 Å². The van der Waals surface area contributed by atoms with Crippen LogP contribution >= 0.6 is 0 Å². The molecule has 0 atom stereocenters. The molecule has 1 aromatic carbocycles. The molecule has 0 saturated heterocycles. The van der Waals surface area contributed by atoms with E-state index in [2.05, 4.69) is 10.6 Å². The van der Waals surface area contributed by atoms with Crippen LogP contribution in [0.25, 0.3) is 0 Å². The fourth-order valence-electron chi connectivity index (χ4n) is 3.06. The second-order valence-electron chi connectivity index (χ2n) is 5.40. The van der Waals surface area contributed by atoms with Crippen molar-refractivity contribution in [3.05, 3.63) is 33.4 Å². The van der Waals surface area contributed by atoms with Gasteiger partial charge in [0.05, 0.1) is 10.3 Å². The van der Waals surface area contributed by atoms with E-state index >= 15 is 0 Å². The van der Waals surface area contributed by atoms with Crippen molar-refractivity contribution in [2.45, 2.75) is 39.0 Å². The van der Waals surface area contributed by atoms with Crippen LogP contribution in [0.4, 0.5) is 11.4 Å². The van der Waals surface area contributed by atoms with Crippen molar-refractivity contribution in [3.8, 4) is 0 Å². The highest BCUT2D eigenvalue weighted by Crippen LogP contribution is 2.43. The van der Waals surface area contributed by atoms with E-state index in [0.29, 0.717) is 18.4 Å². The average Bonchev–Trinajstić information content (AvgIpc) is 2.47. The average molecular weight is 319 g/mol. The maximum atomic E-state index is 12.3. The first-order chi connectivity index (χ1) is 10.8. The van der Waals surface area contributed by atoms with Gasteiger partial charge < -0.3 is 5.32 Å². The first kappa shape index (κ1) is 16.6. The summed E-state index contributed by atoms with van der Waals surface area (Å²) in [6, 6.07) is 2.88. The summed E-state index contributed by atoms with van der Waals surface area (Å²) in [5.74, 6) is -1.76. The zero-order valence-corrected chi connectivity index (χ0v) is 13.1. The Kier molecular flexibility index (Phi) is 4.18. The van der Waals surface area contributed by atoms with Gasteiger partial charge >= 0.3 is 5.69 Å². The second-order valence-corrected chi connectivity index (χ2v) is 5.40. The van der Waals surface area contributed by atoms with Crippen LogP contribution in [0.3, 0.4) is 0 Å². The van der Waals surface area contributed by atoms with E-state index in [-0.39, 0.29) is 11.3 Å². The number of benzene rings is 1. The molecule has 1 aliphatic heterocycles. The van der Waals surface area contributed by atoms with Crippen LogP contribution in [0.5, 0.6) is 0 Å². The number of carbonyl (C=O) groups is 3. The fraction of sp³-hybridized carbons (Fsp3) is 0.400. The van der Waals surface area contributed by atoms with Crippen LogP contribution in [0.15, 0.2) is 12.1 Å². The van der Waals surface area contributed by atoms with Gasteiger partial charge in [0.15, 0.2) is 0 Å². The van der Waals surface area contributed by atoms with Crippen LogP contribution in [-0.2, 0) is 15.0 Å². The summed E-state index contributed by atoms with van der Waals surface area (Å²) in [6.07, 6.45) is 0.790. The molecule has 8 nitrogen and oxygen atoms in total. The van der Waals surface area contributed by atoms with E-state index in [1.54, 1.807) is 13.8 Å². The van der Waals surface area contributed by atoms with Gasteiger partial charge in [0, 0.05) is 6.92 Å². The highest BCUT2D eigenvalue weighted by molar-refractivity contribution is 6.16. The summed E-state index contributed by atoms with van der Waals surface area (Å²) in [5, 5.41) is 16.0. The number of rotatable bonds is 4. The molecule has 3 amide bonds. The van der Waals surface area contributed by atoms with Crippen LogP contribution < -0.4 is 10.6 Å². The van der Waals surface area contributed by atoms with E-state index in [1.807, 2.05) is 0 Å². The molecule has 23 heavy (non-hydrogen) atoms. The predicted octanol–water partition coefficient (Wildman–Crippen LogP) is 1.88. The van der Waals surface area contributed by atoms with E-state index in [9.17, 15) is 24.5 Å². The third-order valence-electron chi connectivity index (χ3n) is 4.28. The van der Waals surface area contributed by atoms with E-state index < -0.39 is 33.7 Å². The maximum Gasteiger partial charge on any atom is 0.305 e. The molecule has 2 N–H and O–H groups in total. The van der Waals surface area contributed by atoms with Gasteiger partial charge in [0.25, 0.3) is 5.91 Å². The Labute approximate surface area is 132 Å². The Morgan fingerprint density at radius 2 is 1.91 bits per heavy atom. The number of hydrogen-bond donors (Lipinski definition) is 2. The Morgan fingerprint density at radius 3 is 2.39 bits per heavy atom. The lowest BCUT2D eigenvalue weighted by molar-refractivity contribution is -0.384. The Morgan fingerprint density at radius 1 is 1.30 bits per heavy atom. The standard InChI is InChI=1S/C15H17N3O5/c1-4-15(5-2)9-6-7-10(16-8(3)19)12(18(22)23)11(9)13(20)17-14(15)21/h6-7H,4-5H2,1-3H3,(H,16,19)(H,17,20,21). The summed E-state index contributed by atoms with van der Waals surface area (Å²) in [7, 11) is 0. The number of amides is 3. The quantitative estimate of drug-likeness (QED) is 0.499. The van der Waals surface area contributed by atoms with Crippen molar-refractivity contribution < 1.29 is 19.3 Å². The molecule has 0 radical (unpaired) electrons. The molecule has 0 spiro atoms. The Hall–Kier alpha value is -2.77. The first-order valence-electron chi connectivity index (χ1n) is 7.23. The van der Waals surface area contributed by atoms with Crippen LogP contribution in [0, 0.1) is 10.1 Å². The SMILES string of the molecule is CCC1(CC)C(=O)NC(=O)c2c1ccc(NC(C)=O)c2[N+](=O)[O-]. The van der Waals surface area contributed by atoms with Gasteiger partial charge in [0.1, 0.15) is 11.3 Å². The molecule has 1 aromatic rings. The lowest BCUT2D eigenvalue weighted by Crippen LogP contribution is -2.51. The van der Waals surface area contributed by atoms with Crippen LogP contribution in [0.2, 0.25) is 0 Å². The number of fused-ring (bicyclic) bond motifs is 1. The largest absolute Gasteiger partial charge is 0.321 e. The van der Waals surface area contributed by atoms with Gasteiger partial charge in [-0.05, 0) is 24.5 Å². The molecule has 0 unspecified atom stereocenters. The summed E-state index contributed by atoms with van der Waals surface area (Å²) < 4.78 is 0. The molecule has 0 aliphatic carbocycles. The van der Waals surface area contributed by atoms with Crippen molar-refractivity contribution in [1.29, 1.82) is 0 Å². The highest BCUT2D eigenvalue weighted by atomic mass is 16.6. The Balaban J connectivity index is 2.83. The zero-order valence-electron chi connectivity index (χ0n) is 13.1. The van der Waals surface area contributed by atoms with E-state index in [0.717, 1.165) is 0 Å². The molecular weight excluding hydrogens is 302 g/mol. The number of carbonyl (C=O) groups excluding carboxylic acids is 3. The topological polar surface area (TPSA) is 118 Å². The number of imide groups is 1. The lowest BCUT2D eigenvalue weighted by atomic mass is 9.70. The third kappa shape index (κ3) is 2.45. The number of hydrogen-bond acceptors (Lipinski definition) is 5. The molecule has 1 heterocycles. The van der Waals surface area contributed by atoms with Gasteiger partial charge in [-0.3, -0.25) is 29.8 Å². The van der Waals surface area contributed by atoms with E-state index in [1.165, 1.54) is 19.1 Å². The van der Waals surface area contributed by atoms with Crippen molar-refractivity contribution >= 4 is 29.1 Å². The number of nitro groups is 1. The third-order valence-corrected chi connectivity index (χ3v) is 4.28. The van der Waals surface area contributed by atoms with E-state index in [4.69, 9.17) is 0 Å². The zero-order chi connectivity index (χ0) is 17.4. The number of nitrogens with one attached hydrogen (secondary N) is 2. The highest BCUT2D eigenvalue weighted by Gasteiger charge is 2.47. The molecule has 0 fully saturated rings. The minimum absolute atomic E-state index is 0.0631. The minimum atomic E-state index is -0.997. The van der Waals surface area contributed by atoms with Crippen molar-refractivity contribution in [3.63, 3.8) is 0 Å². The van der Waals surface area contributed by atoms with Gasteiger partial charge in [0.2, 0.25) is 11.8 Å². The van der Waals surface area contributed by atoms with Gasteiger partial charge in [-0.15, -0.1) is 0 Å². The van der Waals surface area contributed by atoms with Crippen LogP contribution in [0.1, 0.15) is 49.5 Å². The molecule has 0 aromatic heterocycles. The molecule has 1 aliphatic rings. The molecule has 2 rings (SSSR count). The smallest absolute Gasteiger partial charge is 0.305 e. The summed E-state index contributed by atoms with van der Waals surface area (Å²) in [5.41, 5.74) is -1.38. The van der Waals surface area contributed by atoms with Gasteiger partial charge in [-0.25, -0.2) is 0 Å². The predicted molar refractivity (Wildman–Crippen MR) is 82.1 cm³/mol. The minimum Gasteiger partial charge on any atom is -0.321 e. The molecule has 8 heteroatoms. The van der Waals surface area contributed by atoms with Crippen molar-refractivity contribution in [2.75, 3.05) is 5.32 Å². The lowest BCUT2D eigenvalue weighted by Gasteiger charge is -2.35. The van der Waals surface area contributed by atoms with Gasteiger partial charge in [-0.1, -0.05) is 19.9 Å². The monoisotopic (exact) mass is 319 g/mol. The maximum absolute atomic E-state index is 12.3. The molecule has 0 bridgehead atoms. The van der Waals surface area contributed by atoms with Crippen molar-refractivity contribution in [1.82, 2.24) is 5.32 Å². The summed E-state index contributed by atoms with van der Waals surface area (Å²) >= 11 is 0. The summed E-state index contributed by atoms with van der Waals surface area (Å²) in [4.78, 5) is 46.6. The Bertz CT molecular complexity index is 722. The molecular formula is C15H17N3O5. The second kappa shape index (κ2) is 5.79. The van der Waals surface area contributed by atoms with Crippen LogP contribution in [-0.4, -0.2) is 22.6 Å².